The molecule has 0 aromatic carbocycles. The Morgan fingerprint density at radius 1 is 1.20 bits per heavy atom. The number of piperazine rings is 1. The van der Waals surface area contributed by atoms with Crippen LogP contribution in [-0.4, -0.2) is 62.2 Å². The van der Waals surface area contributed by atoms with Crippen molar-refractivity contribution in [2.45, 2.75) is 26.8 Å². The summed E-state index contributed by atoms with van der Waals surface area (Å²) in [4.78, 5) is 15.3. The number of hydrogen-bond acceptors (Lipinski definition) is 5. The fourth-order valence-corrected chi connectivity index (χ4v) is 4.39. The minimum absolute atomic E-state index is 0. The molecule has 1 unspecified atom stereocenters. The van der Waals surface area contributed by atoms with Gasteiger partial charge in [-0.25, -0.2) is 4.98 Å². The highest BCUT2D eigenvalue weighted by atomic mass is 127. The number of aliphatic imine (C=N–C) groups is 1. The molecule has 1 aliphatic rings. The van der Waals surface area contributed by atoms with Crippen LogP contribution < -0.4 is 15.5 Å². The van der Waals surface area contributed by atoms with Crippen LogP contribution in [0.3, 0.4) is 0 Å². The molecule has 1 atom stereocenters. The first kappa shape index (κ1) is 24.9. The molecule has 0 saturated carbocycles. The van der Waals surface area contributed by atoms with Gasteiger partial charge < -0.3 is 20.4 Å². The zero-order valence-corrected chi connectivity index (χ0v) is 21.5. The summed E-state index contributed by atoms with van der Waals surface area (Å²) in [6.07, 6.45) is 3.07. The molecule has 0 amide bonds. The molecule has 0 aliphatic carbocycles. The van der Waals surface area contributed by atoms with Crippen LogP contribution >= 0.6 is 35.3 Å². The summed E-state index contributed by atoms with van der Waals surface area (Å²) >= 11 is 1.82. The summed E-state index contributed by atoms with van der Waals surface area (Å²) in [5.41, 5.74) is 1.16. The molecule has 3 heterocycles. The Morgan fingerprint density at radius 2 is 2.00 bits per heavy atom. The Bertz CT molecular complexity index is 741. The lowest BCUT2D eigenvalue weighted by Crippen LogP contribution is -2.46. The minimum Gasteiger partial charge on any atom is -0.356 e. The highest BCUT2D eigenvalue weighted by molar-refractivity contribution is 14.0. The maximum absolute atomic E-state index is 4.68. The predicted molar refractivity (Wildman–Crippen MR) is 139 cm³/mol. The summed E-state index contributed by atoms with van der Waals surface area (Å²) in [6.45, 7) is 11.6. The van der Waals surface area contributed by atoms with Crippen molar-refractivity contribution in [3.63, 3.8) is 0 Å². The lowest BCUT2D eigenvalue weighted by atomic mass is 10.1. The van der Waals surface area contributed by atoms with E-state index in [0.717, 1.165) is 69.6 Å². The molecular formula is C22H35IN6S. The van der Waals surface area contributed by atoms with E-state index in [1.807, 2.05) is 24.6 Å². The number of pyridine rings is 1. The number of aromatic nitrogens is 1. The fraction of sp³-hybridized carbons (Fsp3) is 0.545. The highest BCUT2D eigenvalue weighted by Crippen LogP contribution is 2.15. The Labute approximate surface area is 202 Å². The second-order valence-electron chi connectivity index (χ2n) is 7.64. The van der Waals surface area contributed by atoms with E-state index < -0.39 is 0 Å². The van der Waals surface area contributed by atoms with Gasteiger partial charge in [0.15, 0.2) is 5.96 Å². The van der Waals surface area contributed by atoms with Crippen molar-refractivity contribution < 1.29 is 0 Å². The molecule has 2 N–H and O–H groups in total. The Kier molecular flexibility index (Phi) is 10.9. The van der Waals surface area contributed by atoms with Crippen LogP contribution in [0.5, 0.6) is 0 Å². The van der Waals surface area contributed by atoms with Crippen LogP contribution in [0.2, 0.25) is 0 Å². The largest absolute Gasteiger partial charge is 0.356 e. The summed E-state index contributed by atoms with van der Waals surface area (Å²) < 4.78 is 0. The molecule has 2 aromatic rings. The maximum atomic E-state index is 4.68. The van der Waals surface area contributed by atoms with E-state index in [1.165, 1.54) is 4.88 Å². The first-order valence-corrected chi connectivity index (χ1v) is 11.4. The smallest absolute Gasteiger partial charge is 0.191 e. The number of thiophene rings is 1. The fourth-order valence-electron chi connectivity index (χ4n) is 3.52. The molecule has 3 rings (SSSR count). The van der Waals surface area contributed by atoms with Gasteiger partial charge >= 0.3 is 0 Å². The van der Waals surface area contributed by atoms with E-state index in [-0.39, 0.29) is 24.0 Å². The van der Waals surface area contributed by atoms with E-state index in [0.29, 0.717) is 5.92 Å². The monoisotopic (exact) mass is 542 g/mol. The predicted octanol–water partition coefficient (Wildman–Crippen LogP) is 3.45. The van der Waals surface area contributed by atoms with Gasteiger partial charge in [0.05, 0.1) is 0 Å². The zero-order chi connectivity index (χ0) is 20.5. The van der Waals surface area contributed by atoms with Gasteiger partial charge in [-0.3, -0.25) is 4.99 Å². The van der Waals surface area contributed by atoms with Crippen molar-refractivity contribution >= 4 is 47.1 Å². The summed E-state index contributed by atoms with van der Waals surface area (Å²) in [5, 5.41) is 8.97. The molecule has 0 bridgehead atoms. The van der Waals surface area contributed by atoms with Gasteiger partial charge in [-0.1, -0.05) is 26.0 Å². The molecule has 30 heavy (non-hydrogen) atoms. The summed E-state index contributed by atoms with van der Waals surface area (Å²) in [5.74, 6) is 2.47. The van der Waals surface area contributed by atoms with Crippen molar-refractivity contribution in [2.24, 2.45) is 10.9 Å². The van der Waals surface area contributed by atoms with Gasteiger partial charge in [-0.15, -0.1) is 35.3 Å². The number of anilines is 1. The van der Waals surface area contributed by atoms with E-state index >= 15 is 0 Å². The molecule has 0 radical (unpaired) electrons. The first-order valence-electron chi connectivity index (χ1n) is 10.6. The number of hydrogen-bond donors (Lipinski definition) is 2. The average Bonchev–Trinajstić information content (AvgIpc) is 3.27. The van der Waals surface area contributed by atoms with Crippen LogP contribution in [0.1, 0.15) is 24.3 Å². The van der Waals surface area contributed by atoms with Crippen LogP contribution in [0.25, 0.3) is 0 Å². The number of nitrogens with one attached hydrogen (secondary N) is 2. The van der Waals surface area contributed by atoms with Gasteiger partial charge in [0.1, 0.15) is 5.82 Å². The number of likely N-dealkylation sites (N-methyl/N-ethyl adjacent to an activating group) is 1. The number of nitrogens with zero attached hydrogens (tertiary/aromatic N) is 4. The van der Waals surface area contributed by atoms with Gasteiger partial charge in [0, 0.05) is 57.4 Å². The molecule has 1 aliphatic heterocycles. The number of halogens is 1. The lowest BCUT2D eigenvalue weighted by molar-refractivity contribution is 0.270. The molecule has 1 saturated heterocycles. The van der Waals surface area contributed by atoms with E-state index in [2.05, 4.69) is 73.9 Å². The molecular weight excluding hydrogens is 507 g/mol. The van der Waals surface area contributed by atoms with Gasteiger partial charge in [0.25, 0.3) is 0 Å². The Balaban J connectivity index is 0.00000320. The van der Waals surface area contributed by atoms with Gasteiger partial charge in [-0.2, -0.15) is 0 Å². The van der Waals surface area contributed by atoms with Crippen LogP contribution in [0.15, 0.2) is 40.8 Å². The minimum atomic E-state index is 0. The van der Waals surface area contributed by atoms with Crippen LogP contribution in [0.4, 0.5) is 5.82 Å². The van der Waals surface area contributed by atoms with E-state index in [1.54, 1.807) is 0 Å². The molecule has 6 nitrogen and oxygen atoms in total. The zero-order valence-electron chi connectivity index (χ0n) is 18.3. The third kappa shape index (κ3) is 7.70. The van der Waals surface area contributed by atoms with Crippen molar-refractivity contribution in [3.05, 3.63) is 46.3 Å². The van der Waals surface area contributed by atoms with Gasteiger partial charge in [-0.05, 0) is 42.0 Å². The SMILES string of the molecule is CCN1CCN(c2ccc(CNC(=NC)NCC(C)Cc3cccs3)cn2)CC1.I. The van der Waals surface area contributed by atoms with E-state index in [9.17, 15) is 0 Å². The average molecular weight is 543 g/mol. The van der Waals surface area contributed by atoms with Crippen molar-refractivity contribution in [1.29, 1.82) is 0 Å². The standard InChI is InChI=1S/C22H34N6S.HI/c1-4-27-9-11-28(12-10-27)21-8-7-19(16-24-21)17-26-22(23-3)25-15-18(2)14-20-6-5-13-29-20;/h5-8,13,16,18H,4,9-12,14-15,17H2,1-3H3,(H2,23,25,26);1H. The summed E-state index contributed by atoms with van der Waals surface area (Å²) in [6, 6.07) is 8.62. The Hall–Kier alpha value is -1.39. The molecule has 1 fully saturated rings. The quantitative estimate of drug-likeness (QED) is 0.304. The first-order chi connectivity index (χ1) is 14.2. The number of rotatable bonds is 8. The lowest BCUT2D eigenvalue weighted by Gasteiger charge is -2.34. The van der Waals surface area contributed by atoms with Crippen molar-refractivity contribution in [3.8, 4) is 0 Å². The van der Waals surface area contributed by atoms with Crippen LogP contribution in [-0.2, 0) is 13.0 Å². The van der Waals surface area contributed by atoms with Gasteiger partial charge in [0.2, 0.25) is 0 Å². The van der Waals surface area contributed by atoms with Crippen molar-refractivity contribution in [2.75, 3.05) is 51.2 Å². The topological polar surface area (TPSA) is 55.8 Å². The third-order valence-corrected chi connectivity index (χ3v) is 6.28. The van der Waals surface area contributed by atoms with Crippen molar-refractivity contribution in [1.82, 2.24) is 20.5 Å². The molecule has 166 valence electrons. The summed E-state index contributed by atoms with van der Waals surface area (Å²) in [7, 11) is 1.82. The molecule has 0 spiro atoms. The molecule has 2 aromatic heterocycles. The second-order valence-corrected chi connectivity index (χ2v) is 8.67. The highest BCUT2D eigenvalue weighted by Gasteiger charge is 2.16. The maximum Gasteiger partial charge on any atom is 0.191 e. The molecule has 8 heteroatoms. The second kappa shape index (κ2) is 13.1. The van der Waals surface area contributed by atoms with E-state index in [4.69, 9.17) is 0 Å². The normalized spacial score (nSPS) is 16.1. The Morgan fingerprint density at radius 3 is 2.60 bits per heavy atom. The van der Waals surface area contributed by atoms with Crippen LogP contribution in [0, 0.1) is 5.92 Å². The number of guanidine groups is 1. The third-order valence-electron chi connectivity index (χ3n) is 5.38.